The van der Waals surface area contributed by atoms with Crippen molar-refractivity contribution in [2.75, 3.05) is 6.61 Å². The Kier molecular flexibility index (Phi) is 6.88. The van der Waals surface area contributed by atoms with E-state index in [2.05, 4.69) is 38.1 Å². The third-order valence-electron chi connectivity index (χ3n) is 7.12. The fraction of sp³-hybridized carbons (Fsp3) is 0.367. The summed E-state index contributed by atoms with van der Waals surface area (Å²) in [6.45, 7) is 4.97. The molecule has 3 aromatic rings. The normalized spacial score (nSPS) is 20.6. The van der Waals surface area contributed by atoms with Crippen molar-refractivity contribution in [2.24, 2.45) is 0 Å². The van der Waals surface area contributed by atoms with Gasteiger partial charge in [-0.15, -0.1) is 0 Å². The number of aryl methyl sites for hydroxylation is 2. The van der Waals surface area contributed by atoms with Gasteiger partial charge in [0.2, 0.25) is 0 Å². The molecule has 5 rings (SSSR count). The zero-order chi connectivity index (χ0) is 25.2. The number of aliphatic carboxylic acids is 1. The number of aliphatic hydroxyl groups excluding tert-OH is 1. The van der Waals surface area contributed by atoms with Crippen LogP contribution in [0.3, 0.4) is 0 Å². The highest BCUT2D eigenvalue weighted by Gasteiger charge is 2.28. The summed E-state index contributed by atoms with van der Waals surface area (Å²) in [5, 5.41) is 19.2. The summed E-state index contributed by atoms with van der Waals surface area (Å²) < 4.78 is 17.8. The van der Waals surface area contributed by atoms with Crippen LogP contribution in [0.15, 0.2) is 54.6 Å². The first-order chi connectivity index (χ1) is 17.4. The van der Waals surface area contributed by atoms with E-state index < -0.39 is 5.97 Å². The molecule has 6 heteroatoms. The zero-order valence-corrected chi connectivity index (χ0v) is 20.7. The molecular weight excluding hydrogens is 456 g/mol. The summed E-state index contributed by atoms with van der Waals surface area (Å²) >= 11 is 0. The van der Waals surface area contributed by atoms with E-state index in [0.717, 1.165) is 52.8 Å². The molecule has 1 heterocycles. The zero-order valence-electron chi connectivity index (χ0n) is 20.7. The maximum Gasteiger partial charge on any atom is 0.304 e. The molecule has 1 fully saturated rings. The predicted octanol–water partition coefficient (Wildman–Crippen LogP) is 5.79. The van der Waals surface area contributed by atoms with Gasteiger partial charge in [-0.25, -0.2) is 0 Å². The van der Waals surface area contributed by atoms with Crippen LogP contribution in [0.25, 0.3) is 11.1 Å². The van der Waals surface area contributed by atoms with Gasteiger partial charge in [0.05, 0.1) is 19.1 Å². The number of hydrogen-bond acceptors (Lipinski definition) is 5. The molecule has 188 valence electrons. The van der Waals surface area contributed by atoms with Crippen molar-refractivity contribution in [1.29, 1.82) is 0 Å². The largest absolute Gasteiger partial charge is 0.492 e. The fourth-order valence-corrected chi connectivity index (χ4v) is 5.38. The second-order valence-corrected chi connectivity index (χ2v) is 9.88. The van der Waals surface area contributed by atoms with Crippen LogP contribution in [0, 0.1) is 13.8 Å². The third-order valence-corrected chi connectivity index (χ3v) is 7.12. The summed E-state index contributed by atoms with van der Waals surface area (Å²) in [7, 11) is 0. The number of fused-ring (bicyclic) bond motifs is 1. The van der Waals surface area contributed by atoms with Crippen LogP contribution in [-0.4, -0.2) is 35.0 Å². The van der Waals surface area contributed by atoms with Gasteiger partial charge in [0.1, 0.15) is 30.0 Å². The molecule has 1 saturated carbocycles. The lowest BCUT2D eigenvalue weighted by atomic mass is 9.94. The molecule has 3 aromatic carbocycles. The lowest BCUT2D eigenvalue weighted by Gasteiger charge is -2.20. The Hall–Kier alpha value is -3.51. The molecule has 0 unspecified atom stereocenters. The minimum Gasteiger partial charge on any atom is -0.492 e. The Morgan fingerprint density at radius 3 is 2.56 bits per heavy atom. The van der Waals surface area contributed by atoms with E-state index in [1.54, 1.807) is 0 Å². The molecular formula is C30H32O6. The quantitative estimate of drug-likeness (QED) is 0.417. The van der Waals surface area contributed by atoms with Gasteiger partial charge in [0, 0.05) is 17.5 Å². The van der Waals surface area contributed by atoms with E-state index in [-0.39, 0.29) is 24.5 Å². The molecule has 2 aliphatic rings. The lowest BCUT2D eigenvalue weighted by Crippen LogP contribution is -2.25. The average molecular weight is 489 g/mol. The van der Waals surface area contributed by atoms with Gasteiger partial charge in [0.25, 0.3) is 0 Å². The average Bonchev–Trinajstić information content (AvgIpc) is 3.42. The lowest BCUT2D eigenvalue weighted by molar-refractivity contribution is -0.137. The molecule has 0 spiro atoms. The highest BCUT2D eigenvalue weighted by Crippen LogP contribution is 2.38. The molecule has 3 atom stereocenters. The Bertz CT molecular complexity index is 1240. The second kappa shape index (κ2) is 10.2. The Morgan fingerprint density at radius 2 is 1.83 bits per heavy atom. The molecule has 36 heavy (non-hydrogen) atoms. The minimum absolute atomic E-state index is 0.0640. The van der Waals surface area contributed by atoms with Crippen molar-refractivity contribution in [3.63, 3.8) is 0 Å². The van der Waals surface area contributed by atoms with E-state index in [1.165, 1.54) is 5.56 Å². The number of ether oxygens (including phenoxy) is 3. The monoisotopic (exact) mass is 488 g/mol. The standard InChI is InChI=1S/C30H32O6/c1-18-11-24(36-27-8-4-7-26(27)31)12-19(2)30(18)21-6-3-5-20(13-21)16-34-23-9-10-25-22(14-29(32)33)17-35-28(25)15-23/h3,5-6,9-13,15,22,26-27,31H,4,7-8,14,16-17H2,1-2H3,(H,32,33)/t22-,26+,27+/m1/s1. The van der Waals surface area contributed by atoms with Crippen LogP contribution < -0.4 is 14.2 Å². The van der Waals surface area contributed by atoms with Gasteiger partial charge in [0.15, 0.2) is 0 Å². The number of benzene rings is 3. The van der Waals surface area contributed by atoms with Crippen LogP contribution in [0.4, 0.5) is 0 Å². The Morgan fingerprint density at radius 1 is 1.03 bits per heavy atom. The maximum atomic E-state index is 11.1. The summed E-state index contributed by atoms with van der Waals surface area (Å²) in [5.74, 6) is 1.26. The van der Waals surface area contributed by atoms with Gasteiger partial charge in [-0.1, -0.05) is 24.3 Å². The molecule has 0 aromatic heterocycles. The van der Waals surface area contributed by atoms with Crippen LogP contribution in [0.5, 0.6) is 17.2 Å². The first kappa shape index (κ1) is 24.2. The second-order valence-electron chi connectivity index (χ2n) is 9.88. The van der Waals surface area contributed by atoms with Gasteiger partial charge in [-0.2, -0.15) is 0 Å². The number of carboxylic acids is 1. The molecule has 2 N–H and O–H groups in total. The van der Waals surface area contributed by atoms with Gasteiger partial charge in [-0.3, -0.25) is 4.79 Å². The topological polar surface area (TPSA) is 85.2 Å². The SMILES string of the molecule is Cc1cc(O[C@H]2CCC[C@@H]2O)cc(C)c1-c1cccc(COc2ccc3c(c2)OC[C@H]3CC(=O)O)c1. The van der Waals surface area contributed by atoms with E-state index >= 15 is 0 Å². The molecule has 0 bridgehead atoms. The van der Waals surface area contributed by atoms with Crippen molar-refractivity contribution < 1.29 is 29.2 Å². The van der Waals surface area contributed by atoms with Crippen molar-refractivity contribution in [1.82, 2.24) is 0 Å². The Labute approximate surface area is 211 Å². The maximum absolute atomic E-state index is 11.1. The van der Waals surface area contributed by atoms with Crippen LogP contribution in [-0.2, 0) is 11.4 Å². The first-order valence-corrected chi connectivity index (χ1v) is 12.5. The third kappa shape index (κ3) is 5.19. The first-order valence-electron chi connectivity index (χ1n) is 12.5. The van der Waals surface area contributed by atoms with E-state index in [9.17, 15) is 9.90 Å². The number of carbonyl (C=O) groups is 1. The highest BCUT2D eigenvalue weighted by atomic mass is 16.5. The van der Waals surface area contributed by atoms with Gasteiger partial charge in [-0.05, 0) is 85.2 Å². The smallest absolute Gasteiger partial charge is 0.304 e. The number of carboxylic acid groups (broad SMARTS) is 1. The Balaban J connectivity index is 1.28. The van der Waals surface area contributed by atoms with E-state index in [0.29, 0.717) is 24.7 Å². The summed E-state index contributed by atoms with van der Waals surface area (Å²) in [6, 6.07) is 18.1. The van der Waals surface area contributed by atoms with Crippen molar-refractivity contribution in [3.05, 3.63) is 76.9 Å². The summed E-state index contributed by atoms with van der Waals surface area (Å²) in [5.41, 5.74) is 6.52. The van der Waals surface area contributed by atoms with Gasteiger partial charge < -0.3 is 24.4 Å². The fourth-order valence-electron chi connectivity index (χ4n) is 5.38. The molecule has 0 saturated heterocycles. The molecule has 1 aliphatic heterocycles. The van der Waals surface area contributed by atoms with Gasteiger partial charge >= 0.3 is 5.97 Å². The summed E-state index contributed by atoms with van der Waals surface area (Å²) in [6.07, 6.45) is 2.25. The predicted molar refractivity (Wildman–Crippen MR) is 137 cm³/mol. The van der Waals surface area contributed by atoms with Crippen LogP contribution in [0.1, 0.15) is 53.9 Å². The van der Waals surface area contributed by atoms with E-state index in [1.807, 2.05) is 30.3 Å². The molecule has 1 aliphatic carbocycles. The molecule has 6 nitrogen and oxygen atoms in total. The van der Waals surface area contributed by atoms with E-state index in [4.69, 9.17) is 19.3 Å². The molecule has 0 radical (unpaired) electrons. The summed E-state index contributed by atoms with van der Waals surface area (Å²) in [4.78, 5) is 11.1. The molecule has 0 amide bonds. The van der Waals surface area contributed by atoms with Crippen LogP contribution >= 0.6 is 0 Å². The number of rotatable bonds is 8. The van der Waals surface area contributed by atoms with Crippen LogP contribution in [0.2, 0.25) is 0 Å². The number of hydrogen-bond donors (Lipinski definition) is 2. The highest BCUT2D eigenvalue weighted by molar-refractivity contribution is 5.72. The minimum atomic E-state index is -0.822. The van der Waals surface area contributed by atoms with Crippen molar-refractivity contribution >= 4 is 5.97 Å². The van der Waals surface area contributed by atoms with Crippen molar-refractivity contribution in [3.8, 4) is 28.4 Å². The van der Waals surface area contributed by atoms with Crippen molar-refractivity contribution in [2.45, 2.75) is 64.3 Å². The number of aliphatic hydroxyl groups is 1.